The molecule has 3 aromatic rings. The van der Waals surface area contributed by atoms with E-state index in [2.05, 4.69) is 10.4 Å². The zero-order valence-electron chi connectivity index (χ0n) is 18.0. The van der Waals surface area contributed by atoms with Gasteiger partial charge in [-0.15, -0.1) is 5.10 Å². The van der Waals surface area contributed by atoms with Gasteiger partial charge in [0.2, 0.25) is 5.91 Å². The molecule has 1 heterocycles. The molecule has 0 saturated heterocycles. The first-order valence-electron chi connectivity index (χ1n) is 10.3. The van der Waals surface area contributed by atoms with Crippen LogP contribution in [-0.4, -0.2) is 49.4 Å². The molecule has 8 nitrogen and oxygen atoms in total. The molecule has 3 N–H and O–H groups in total. The summed E-state index contributed by atoms with van der Waals surface area (Å²) in [7, 11) is 0. The van der Waals surface area contributed by atoms with Crippen LogP contribution in [0.25, 0.3) is 11.4 Å². The van der Waals surface area contributed by atoms with Crippen LogP contribution in [0, 0.1) is 0 Å². The maximum absolute atomic E-state index is 13.0. The number of aliphatic hydroxyl groups excluding tert-OH is 2. The minimum atomic E-state index is -4.97. The lowest BCUT2D eigenvalue weighted by Crippen LogP contribution is -2.39. The Hall–Kier alpha value is -2.86. The Morgan fingerprint density at radius 3 is 2.37 bits per heavy atom. The number of benzene rings is 2. The van der Waals surface area contributed by atoms with Gasteiger partial charge in [0.05, 0.1) is 12.6 Å². The van der Waals surface area contributed by atoms with Crippen molar-refractivity contribution in [3.63, 3.8) is 0 Å². The Morgan fingerprint density at radius 1 is 1.11 bits per heavy atom. The van der Waals surface area contributed by atoms with Crippen molar-refractivity contribution in [1.82, 2.24) is 19.7 Å². The smallest absolute Gasteiger partial charge is 0.396 e. The number of carbonyl (C=O) groups is 1. The standard InChI is InChI=1S/C22H21Cl2F3N4O4/c23-14-7-5-13(6-8-14)20-29-31(21(35)30(20)11-18(33)22(25,26)27)12-19(34)28-17(9-10-32)15-3-1-2-4-16(15)24/h1-8,17-18,32-33H,9-12H2,(H,28,34). The molecule has 0 spiro atoms. The van der Waals surface area contributed by atoms with Gasteiger partial charge in [-0.05, 0) is 42.3 Å². The third-order valence-electron chi connectivity index (χ3n) is 5.09. The molecule has 0 aliphatic carbocycles. The van der Waals surface area contributed by atoms with Gasteiger partial charge in [0, 0.05) is 22.2 Å². The van der Waals surface area contributed by atoms with E-state index in [4.69, 9.17) is 23.2 Å². The van der Waals surface area contributed by atoms with Crippen LogP contribution in [0.1, 0.15) is 18.0 Å². The number of rotatable bonds is 9. The average molecular weight is 533 g/mol. The van der Waals surface area contributed by atoms with Crippen molar-refractivity contribution in [1.29, 1.82) is 0 Å². The van der Waals surface area contributed by atoms with E-state index in [0.717, 1.165) is 0 Å². The number of amides is 1. The van der Waals surface area contributed by atoms with Crippen LogP contribution < -0.4 is 11.0 Å². The number of carbonyl (C=O) groups excluding carboxylic acids is 1. The van der Waals surface area contributed by atoms with Crippen molar-refractivity contribution >= 4 is 29.1 Å². The summed E-state index contributed by atoms with van der Waals surface area (Å²) in [5, 5.41) is 26.3. The third kappa shape index (κ3) is 6.63. The first-order chi connectivity index (χ1) is 16.5. The molecule has 2 atom stereocenters. The molecular weight excluding hydrogens is 512 g/mol. The number of hydrogen-bond acceptors (Lipinski definition) is 5. The second kappa shape index (κ2) is 11.3. The lowest BCUT2D eigenvalue weighted by Gasteiger charge is -2.19. The van der Waals surface area contributed by atoms with Gasteiger partial charge in [-0.3, -0.25) is 9.36 Å². The quantitative estimate of drug-likeness (QED) is 0.392. The molecule has 0 saturated carbocycles. The van der Waals surface area contributed by atoms with E-state index >= 15 is 0 Å². The van der Waals surface area contributed by atoms with Crippen molar-refractivity contribution in [2.45, 2.75) is 37.8 Å². The Balaban J connectivity index is 1.91. The molecule has 1 aromatic heterocycles. The fraction of sp³-hybridized carbons (Fsp3) is 0.318. The summed E-state index contributed by atoms with van der Waals surface area (Å²) in [6.07, 6.45) is -7.66. The number of nitrogens with one attached hydrogen (secondary N) is 1. The number of nitrogens with zero attached hydrogens (tertiary/aromatic N) is 3. The average Bonchev–Trinajstić information content (AvgIpc) is 3.09. The molecule has 3 rings (SSSR count). The van der Waals surface area contributed by atoms with E-state index in [0.29, 0.717) is 24.9 Å². The van der Waals surface area contributed by atoms with Crippen LogP contribution >= 0.6 is 23.2 Å². The summed E-state index contributed by atoms with van der Waals surface area (Å²) in [4.78, 5) is 25.6. The molecule has 0 radical (unpaired) electrons. The molecule has 2 aromatic carbocycles. The van der Waals surface area contributed by atoms with Gasteiger partial charge in [-0.25, -0.2) is 9.48 Å². The molecule has 35 heavy (non-hydrogen) atoms. The highest BCUT2D eigenvalue weighted by Crippen LogP contribution is 2.26. The summed E-state index contributed by atoms with van der Waals surface area (Å²) in [6, 6.07) is 11.8. The zero-order chi connectivity index (χ0) is 25.8. The molecule has 0 aliphatic heterocycles. The van der Waals surface area contributed by atoms with E-state index in [9.17, 15) is 33.0 Å². The van der Waals surface area contributed by atoms with Crippen LogP contribution in [0.2, 0.25) is 10.0 Å². The van der Waals surface area contributed by atoms with Gasteiger partial charge in [0.1, 0.15) is 6.54 Å². The van der Waals surface area contributed by atoms with Crippen LogP contribution in [-0.2, 0) is 17.9 Å². The first-order valence-corrected chi connectivity index (χ1v) is 11.1. The van der Waals surface area contributed by atoms with Gasteiger partial charge in [0.25, 0.3) is 0 Å². The summed E-state index contributed by atoms with van der Waals surface area (Å²) in [5.41, 5.74) is -0.219. The van der Waals surface area contributed by atoms with Crippen molar-refractivity contribution in [3.05, 3.63) is 74.6 Å². The molecule has 0 aliphatic rings. The van der Waals surface area contributed by atoms with Gasteiger partial charge in [0.15, 0.2) is 11.9 Å². The minimum Gasteiger partial charge on any atom is -0.396 e. The van der Waals surface area contributed by atoms with Gasteiger partial charge in [-0.2, -0.15) is 13.2 Å². The number of halogens is 5. The normalized spacial score (nSPS) is 13.5. The maximum atomic E-state index is 13.0. The van der Waals surface area contributed by atoms with Crippen molar-refractivity contribution in [3.8, 4) is 11.4 Å². The lowest BCUT2D eigenvalue weighted by atomic mass is 10.0. The van der Waals surface area contributed by atoms with Crippen LogP contribution in [0.4, 0.5) is 13.2 Å². The Morgan fingerprint density at radius 2 is 1.77 bits per heavy atom. The minimum absolute atomic E-state index is 0.132. The molecule has 2 unspecified atom stereocenters. The fourth-order valence-corrected chi connectivity index (χ4v) is 3.76. The third-order valence-corrected chi connectivity index (χ3v) is 5.68. The SMILES string of the molecule is O=C(Cn1nc(-c2ccc(Cl)cc2)n(CC(O)C(F)(F)F)c1=O)NC(CCO)c1ccccc1Cl. The maximum Gasteiger partial charge on any atom is 0.416 e. The molecule has 1 amide bonds. The molecule has 0 bridgehead atoms. The van der Waals surface area contributed by atoms with Gasteiger partial charge < -0.3 is 15.5 Å². The van der Waals surface area contributed by atoms with E-state index in [1.807, 2.05) is 0 Å². The first kappa shape index (κ1) is 26.7. The lowest BCUT2D eigenvalue weighted by molar-refractivity contribution is -0.207. The fourth-order valence-electron chi connectivity index (χ4n) is 3.37. The summed E-state index contributed by atoms with van der Waals surface area (Å²) < 4.78 is 40.3. The van der Waals surface area contributed by atoms with E-state index < -0.39 is 43.0 Å². The number of alkyl halides is 3. The van der Waals surface area contributed by atoms with Crippen molar-refractivity contribution < 1.29 is 28.2 Å². The Kier molecular flexibility index (Phi) is 8.60. The van der Waals surface area contributed by atoms with E-state index in [-0.39, 0.29) is 24.4 Å². The Labute approximate surface area is 207 Å². The molecule has 188 valence electrons. The number of aromatic nitrogens is 3. The van der Waals surface area contributed by atoms with Crippen LogP contribution in [0.3, 0.4) is 0 Å². The monoisotopic (exact) mass is 532 g/mol. The predicted octanol–water partition coefficient (Wildman–Crippen LogP) is 3.18. The summed E-state index contributed by atoms with van der Waals surface area (Å²) in [6.45, 7) is -2.00. The van der Waals surface area contributed by atoms with Crippen LogP contribution in [0.5, 0.6) is 0 Å². The van der Waals surface area contributed by atoms with Crippen molar-refractivity contribution in [2.75, 3.05) is 6.61 Å². The second-order valence-corrected chi connectivity index (χ2v) is 8.44. The number of hydrogen-bond donors (Lipinski definition) is 3. The highest BCUT2D eigenvalue weighted by Gasteiger charge is 2.39. The van der Waals surface area contributed by atoms with E-state index in [1.165, 1.54) is 24.3 Å². The Bertz CT molecular complexity index is 1230. The second-order valence-electron chi connectivity index (χ2n) is 7.59. The number of aliphatic hydroxyl groups is 2. The topological polar surface area (TPSA) is 109 Å². The van der Waals surface area contributed by atoms with Gasteiger partial charge in [-0.1, -0.05) is 41.4 Å². The zero-order valence-corrected chi connectivity index (χ0v) is 19.6. The molecule has 0 fully saturated rings. The van der Waals surface area contributed by atoms with Gasteiger partial charge >= 0.3 is 11.9 Å². The molecule has 13 heteroatoms. The van der Waals surface area contributed by atoms with E-state index in [1.54, 1.807) is 24.3 Å². The molecular formula is C22H21Cl2F3N4O4. The van der Waals surface area contributed by atoms with Crippen LogP contribution in [0.15, 0.2) is 53.3 Å². The predicted molar refractivity (Wildman–Crippen MR) is 123 cm³/mol. The largest absolute Gasteiger partial charge is 0.416 e. The highest BCUT2D eigenvalue weighted by atomic mass is 35.5. The summed E-state index contributed by atoms with van der Waals surface area (Å²) in [5.74, 6) is -0.866. The van der Waals surface area contributed by atoms with Crippen molar-refractivity contribution in [2.24, 2.45) is 0 Å². The summed E-state index contributed by atoms with van der Waals surface area (Å²) >= 11 is 12.0. The highest BCUT2D eigenvalue weighted by molar-refractivity contribution is 6.31.